The van der Waals surface area contributed by atoms with Crippen molar-refractivity contribution in [2.45, 2.75) is 19.9 Å². The number of aromatic nitrogens is 1. The summed E-state index contributed by atoms with van der Waals surface area (Å²) in [5, 5.41) is 3.00. The molecule has 4 heteroatoms. The molecule has 0 aliphatic carbocycles. The summed E-state index contributed by atoms with van der Waals surface area (Å²) in [6.45, 7) is 4.61. The van der Waals surface area contributed by atoms with Crippen LogP contribution in [-0.4, -0.2) is 11.6 Å². The molecule has 17 heavy (non-hydrogen) atoms. The first-order chi connectivity index (χ1) is 8.20. The first-order valence-electron chi connectivity index (χ1n) is 5.65. The Hall–Kier alpha value is -1.39. The second kappa shape index (κ2) is 5.29. The lowest BCUT2D eigenvalue weighted by Gasteiger charge is -2.03. The van der Waals surface area contributed by atoms with Gasteiger partial charge in [0.15, 0.2) is 0 Å². The monoisotopic (exact) mass is 248 g/mol. The Kier molecular flexibility index (Phi) is 3.76. The summed E-state index contributed by atoms with van der Waals surface area (Å²) in [6, 6.07) is 7.96. The van der Waals surface area contributed by atoms with Crippen LogP contribution in [0.5, 0.6) is 5.75 Å². The number of hydrogen-bond donors (Lipinski definition) is 1. The lowest BCUT2D eigenvalue weighted by atomic mass is 10.2. The van der Waals surface area contributed by atoms with Crippen LogP contribution >= 0.6 is 11.3 Å². The number of ether oxygens (including phenoxy) is 1. The zero-order valence-electron chi connectivity index (χ0n) is 10.0. The summed E-state index contributed by atoms with van der Waals surface area (Å²) >= 11 is 1.60. The third kappa shape index (κ3) is 2.84. The molecular formula is C13H16N2OS. The van der Waals surface area contributed by atoms with Gasteiger partial charge in [0.25, 0.3) is 0 Å². The molecule has 1 aromatic heterocycles. The van der Waals surface area contributed by atoms with Crippen LogP contribution in [0.25, 0.3) is 11.3 Å². The van der Waals surface area contributed by atoms with Gasteiger partial charge >= 0.3 is 0 Å². The molecule has 2 N–H and O–H groups in total. The van der Waals surface area contributed by atoms with E-state index in [1.807, 2.05) is 43.5 Å². The van der Waals surface area contributed by atoms with E-state index < -0.39 is 0 Å². The first-order valence-corrected chi connectivity index (χ1v) is 6.53. The lowest BCUT2D eigenvalue weighted by Crippen LogP contribution is -2.03. The standard InChI is InChI=1S/C13H16N2OS/c1-3-16-11-6-4-10(5-7-11)12-8-17-13(15-12)9(2)14/h4-9H,3,14H2,1-2H3. The van der Waals surface area contributed by atoms with Crippen LogP contribution in [0.3, 0.4) is 0 Å². The number of benzene rings is 1. The number of thiazole rings is 1. The summed E-state index contributed by atoms with van der Waals surface area (Å²) in [6.07, 6.45) is 0. The summed E-state index contributed by atoms with van der Waals surface area (Å²) in [5.41, 5.74) is 7.87. The van der Waals surface area contributed by atoms with Crippen molar-refractivity contribution in [1.82, 2.24) is 4.98 Å². The minimum atomic E-state index is -0.00329. The van der Waals surface area contributed by atoms with E-state index in [4.69, 9.17) is 10.5 Å². The molecule has 0 radical (unpaired) electrons. The highest BCUT2D eigenvalue weighted by Crippen LogP contribution is 2.26. The largest absolute Gasteiger partial charge is 0.494 e. The number of rotatable bonds is 4. The smallest absolute Gasteiger partial charge is 0.119 e. The maximum absolute atomic E-state index is 5.80. The number of nitrogens with two attached hydrogens (primary N) is 1. The van der Waals surface area contributed by atoms with Crippen molar-refractivity contribution >= 4 is 11.3 Å². The molecular weight excluding hydrogens is 232 g/mol. The van der Waals surface area contributed by atoms with Crippen molar-refractivity contribution in [2.24, 2.45) is 5.73 Å². The maximum atomic E-state index is 5.80. The van der Waals surface area contributed by atoms with E-state index in [0.29, 0.717) is 6.61 Å². The molecule has 0 saturated carbocycles. The van der Waals surface area contributed by atoms with Gasteiger partial charge in [0.1, 0.15) is 10.8 Å². The fraction of sp³-hybridized carbons (Fsp3) is 0.308. The van der Waals surface area contributed by atoms with Crippen molar-refractivity contribution in [3.8, 4) is 17.0 Å². The Labute approximate surface area is 105 Å². The average molecular weight is 248 g/mol. The van der Waals surface area contributed by atoms with E-state index in [1.165, 1.54) is 0 Å². The summed E-state index contributed by atoms with van der Waals surface area (Å²) in [5.74, 6) is 0.888. The van der Waals surface area contributed by atoms with E-state index >= 15 is 0 Å². The van der Waals surface area contributed by atoms with Gasteiger partial charge in [0.05, 0.1) is 18.3 Å². The molecule has 0 amide bonds. The molecule has 0 aliphatic rings. The molecule has 0 bridgehead atoms. The minimum absolute atomic E-state index is 0.00329. The Morgan fingerprint density at radius 1 is 1.35 bits per heavy atom. The second-order valence-corrected chi connectivity index (χ2v) is 4.71. The Bertz CT molecular complexity index is 476. The van der Waals surface area contributed by atoms with Crippen molar-refractivity contribution in [3.05, 3.63) is 34.7 Å². The van der Waals surface area contributed by atoms with Crippen LogP contribution in [0.1, 0.15) is 24.9 Å². The topological polar surface area (TPSA) is 48.1 Å². The maximum Gasteiger partial charge on any atom is 0.119 e. The average Bonchev–Trinajstić information content (AvgIpc) is 2.80. The molecule has 0 saturated heterocycles. The van der Waals surface area contributed by atoms with E-state index in [-0.39, 0.29) is 6.04 Å². The number of hydrogen-bond acceptors (Lipinski definition) is 4. The van der Waals surface area contributed by atoms with Crippen LogP contribution in [-0.2, 0) is 0 Å². The molecule has 1 heterocycles. The van der Waals surface area contributed by atoms with Crippen molar-refractivity contribution in [1.29, 1.82) is 0 Å². The molecule has 1 aromatic carbocycles. The van der Waals surface area contributed by atoms with Crippen molar-refractivity contribution in [3.63, 3.8) is 0 Å². The highest BCUT2D eigenvalue weighted by atomic mass is 32.1. The van der Waals surface area contributed by atoms with Gasteiger partial charge in [-0.25, -0.2) is 4.98 Å². The predicted molar refractivity (Wildman–Crippen MR) is 71.3 cm³/mol. The van der Waals surface area contributed by atoms with Crippen molar-refractivity contribution in [2.75, 3.05) is 6.61 Å². The lowest BCUT2D eigenvalue weighted by molar-refractivity contribution is 0.340. The van der Waals surface area contributed by atoms with E-state index in [9.17, 15) is 0 Å². The van der Waals surface area contributed by atoms with E-state index in [0.717, 1.165) is 22.0 Å². The van der Waals surface area contributed by atoms with Crippen LogP contribution in [0.15, 0.2) is 29.6 Å². The van der Waals surface area contributed by atoms with Gasteiger partial charge in [0.2, 0.25) is 0 Å². The van der Waals surface area contributed by atoms with E-state index in [2.05, 4.69) is 4.98 Å². The van der Waals surface area contributed by atoms with Crippen LogP contribution in [0.2, 0.25) is 0 Å². The van der Waals surface area contributed by atoms with Gasteiger partial charge in [-0.3, -0.25) is 0 Å². The molecule has 0 spiro atoms. The molecule has 2 rings (SSSR count). The van der Waals surface area contributed by atoms with Crippen molar-refractivity contribution < 1.29 is 4.74 Å². The first kappa shape index (κ1) is 12.1. The quantitative estimate of drug-likeness (QED) is 0.903. The number of nitrogens with zero attached hydrogens (tertiary/aromatic N) is 1. The Morgan fingerprint density at radius 3 is 2.59 bits per heavy atom. The van der Waals surface area contributed by atoms with Gasteiger partial charge in [-0.1, -0.05) is 0 Å². The third-order valence-corrected chi connectivity index (χ3v) is 3.42. The Balaban J connectivity index is 2.21. The minimum Gasteiger partial charge on any atom is -0.494 e. The molecule has 0 aliphatic heterocycles. The molecule has 1 unspecified atom stereocenters. The van der Waals surface area contributed by atoms with Gasteiger partial charge in [-0.05, 0) is 38.1 Å². The van der Waals surface area contributed by atoms with Crippen LogP contribution in [0.4, 0.5) is 0 Å². The Morgan fingerprint density at radius 2 is 2.06 bits per heavy atom. The molecule has 1 atom stereocenters. The fourth-order valence-electron chi connectivity index (χ4n) is 1.52. The molecule has 2 aromatic rings. The van der Waals surface area contributed by atoms with Crippen LogP contribution in [0, 0.1) is 0 Å². The zero-order valence-corrected chi connectivity index (χ0v) is 10.8. The van der Waals surface area contributed by atoms with Crippen LogP contribution < -0.4 is 10.5 Å². The van der Waals surface area contributed by atoms with Gasteiger partial charge in [0, 0.05) is 10.9 Å². The van der Waals surface area contributed by atoms with E-state index in [1.54, 1.807) is 11.3 Å². The zero-order chi connectivity index (χ0) is 12.3. The third-order valence-electron chi connectivity index (χ3n) is 2.37. The summed E-state index contributed by atoms with van der Waals surface area (Å²) in [7, 11) is 0. The predicted octanol–water partition coefficient (Wildman–Crippen LogP) is 3.23. The van der Waals surface area contributed by atoms with Gasteiger partial charge < -0.3 is 10.5 Å². The highest BCUT2D eigenvalue weighted by molar-refractivity contribution is 7.10. The second-order valence-electron chi connectivity index (χ2n) is 3.82. The highest BCUT2D eigenvalue weighted by Gasteiger charge is 2.07. The summed E-state index contributed by atoms with van der Waals surface area (Å²) in [4.78, 5) is 4.51. The summed E-state index contributed by atoms with van der Waals surface area (Å²) < 4.78 is 5.40. The fourth-order valence-corrected chi connectivity index (χ4v) is 2.30. The van der Waals surface area contributed by atoms with Gasteiger partial charge in [-0.2, -0.15) is 0 Å². The van der Waals surface area contributed by atoms with Gasteiger partial charge in [-0.15, -0.1) is 11.3 Å². The molecule has 90 valence electrons. The SMILES string of the molecule is CCOc1ccc(-c2csc(C(C)N)n2)cc1. The molecule has 0 fully saturated rings. The normalized spacial score (nSPS) is 12.4. The molecule has 3 nitrogen and oxygen atoms in total.